The Kier molecular flexibility index (Phi) is 7.65. The number of carbonyl (C=O) groups is 2. The fraction of sp³-hybridized carbons (Fsp3) is 0.391. The number of nitrogens with one attached hydrogen (secondary N) is 1. The average Bonchev–Trinajstić information content (AvgIpc) is 2.70. The molecule has 2 aromatic rings. The first kappa shape index (κ1) is 22.3. The lowest BCUT2D eigenvalue weighted by molar-refractivity contribution is -0.127. The largest absolute Gasteiger partial charge is 0.496 e. The predicted molar refractivity (Wildman–Crippen MR) is 112 cm³/mol. The van der Waals surface area contributed by atoms with Crippen molar-refractivity contribution in [3.8, 4) is 11.5 Å². The maximum absolute atomic E-state index is 12.4. The Morgan fingerprint density at radius 1 is 1.03 bits per heavy atom. The second-order valence-electron chi connectivity index (χ2n) is 7.18. The number of methoxy groups -OCH3 is 2. The number of ether oxygens (including phenoxy) is 3. The highest BCUT2D eigenvalue weighted by atomic mass is 16.5. The normalized spacial score (nSPS) is 11.7. The van der Waals surface area contributed by atoms with Gasteiger partial charge in [0.05, 0.1) is 14.2 Å². The van der Waals surface area contributed by atoms with Crippen LogP contribution in [0.4, 0.5) is 0 Å². The molecule has 0 aromatic heterocycles. The van der Waals surface area contributed by atoms with Crippen molar-refractivity contribution in [3.63, 3.8) is 0 Å². The minimum Gasteiger partial charge on any atom is -0.496 e. The van der Waals surface area contributed by atoms with E-state index in [0.29, 0.717) is 23.0 Å². The van der Waals surface area contributed by atoms with E-state index >= 15 is 0 Å². The Hall–Kier alpha value is -3.02. The van der Waals surface area contributed by atoms with Crippen LogP contribution in [0.2, 0.25) is 0 Å². The Morgan fingerprint density at radius 2 is 1.76 bits per heavy atom. The van der Waals surface area contributed by atoms with Crippen molar-refractivity contribution in [2.45, 2.75) is 46.3 Å². The van der Waals surface area contributed by atoms with Crippen molar-refractivity contribution in [1.29, 1.82) is 0 Å². The van der Waals surface area contributed by atoms with Crippen LogP contribution in [-0.2, 0) is 16.1 Å². The topological polar surface area (TPSA) is 73.9 Å². The third-order valence-electron chi connectivity index (χ3n) is 4.68. The quantitative estimate of drug-likeness (QED) is 0.679. The first-order valence-electron chi connectivity index (χ1n) is 9.57. The maximum atomic E-state index is 12.4. The molecule has 6 nitrogen and oxygen atoms in total. The van der Waals surface area contributed by atoms with Crippen LogP contribution in [0.3, 0.4) is 0 Å². The van der Waals surface area contributed by atoms with E-state index in [2.05, 4.69) is 19.2 Å². The Bertz CT molecular complexity index is 876. The summed E-state index contributed by atoms with van der Waals surface area (Å²) >= 11 is 0. The fourth-order valence-corrected chi connectivity index (χ4v) is 3.09. The minimum absolute atomic E-state index is 0.244. The van der Waals surface area contributed by atoms with E-state index in [9.17, 15) is 9.59 Å². The van der Waals surface area contributed by atoms with E-state index in [1.165, 1.54) is 19.8 Å². The van der Waals surface area contributed by atoms with Gasteiger partial charge in [-0.2, -0.15) is 0 Å². The molecule has 0 bridgehead atoms. The van der Waals surface area contributed by atoms with Gasteiger partial charge < -0.3 is 19.5 Å². The molecule has 2 rings (SSSR count). The molecule has 0 heterocycles. The SMILES string of the molecule is COC(=O)c1cc(CNC(=O)C(C)Oc2ccc(C(C)C)c(C)c2)ccc1OC. The number of amides is 1. The zero-order valence-electron chi connectivity index (χ0n) is 17.9. The van der Waals surface area contributed by atoms with E-state index in [1.807, 2.05) is 25.1 Å². The molecule has 1 atom stereocenters. The summed E-state index contributed by atoms with van der Waals surface area (Å²) in [6.07, 6.45) is -0.655. The van der Waals surface area contributed by atoms with Crippen LogP contribution in [0.5, 0.6) is 11.5 Å². The van der Waals surface area contributed by atoms with Crippen LogP contribution < -0.4 is 14.8 Å². The average molecular weight is 399 g/mol. The molecule has 0 aliphatic heterocycles. The van der Waals surface area contributed by atoms with Crippen molar-refractivity contribution in [3.05, 3.63) is 58.7 Å². The van der Waals surface area contributed by atoms with E-state index in [0.717, 1.165) is 11.1 Å². The summed E-state index contributed by atoms with van der Waals surface area (Å²) in [6.45, 7) is 8.28. The monoisotopic (exact) mass is 399 g/mol. The summed E-state index contributed by atoms with van der Waals surface area (Å²) in [6, 6.07) is 11.0. The number of hydrogen-bond acceptors (Lipinski definition) is 5. The summed E-state index contributed by atoms with van der Waals surface area (Å²) < 4.78 is 15.7. The predicted octanol–water partition coefficient (Wildman–Crippen LogP) is 4.00. The lowest BCUT2D eigenvalue weighted by atomic mass is 9.98. The van der Waals surface area contributed by atoms with Crippen molar-refractivity contribution >= 4 is 11.9 Å². The van der Waals surface area contributed by atoms with Crippen LogP contribution in [0.1, 0.15) is 53.7 Å². The third-order valence-corrected chi connectivity index (χ3v) is 4.68. The molecule has 0 saturated carbocycles. The molecule has 6 heteroatoms. The zero-order chi connectivity index (χ0) is 21.6. The van der Waals surface area contributed by atoms with E-state index in [1.54, 1.807) is 25.1 Å². The Balaban J connectivity index is 2.00. The summed E-state index contributed by atoms with van der Waals surface area (Å²) in [4.78, 5) is 24.3. The van der Waals surface area contributed by atoms with Gasteiger partial charge in [0.15, 0.2) is 6.10 Å². The molecule has 0 spiro atoms. The second kappa shape index (κ2) is 9.96. The number of benzene rings is 2. The molecule has 1 unspecified atom stereocenters. The van der Waals surface area contributed by atoms with Crippen LogP contribution in [0, 0.1) is 6.92 Å². The maximum Gasteiger partial charge on any atom is 0.341 e. The summed E-state index contributed by atoms with van der Waals surface area (Å²) in [5, 5.41) is 2.83. The molecule has 2 aromatic carbocycles. The third kappa shape index (κ3) is 5.73. The molecule has 1 amide bonds. The van der Waals surface area contributed by atoms with Gasteiger partial charge in [-0.05, 0) is 60.7 Å². The van der Waals surface area contributed by atoms with Crippen molar-refractivity contribution in [1.82, 2.24) is 5.32 Å². The highest BCUT2D eigenvalue weighted by Crippen LogP contribution is 2.24. The van der Waals surface area contributed by atoms with Gasteiger partial charge in [0.25, 0.3) is 5.91 Å². The van der Waals surface area contributed by atoms with Gasteiger partial charge in [-0.3, -0.25) is 4.79 Å². The molecule has 0 saturated heterocycles. The molecule has 0 fully saturated rings. The highest BCUT2D eigenvalue weighted by molar-refractivity contribution is 5.92. The summed E-state index contributed by atoms with van der Waals surface area (Å²) in [5.41, 5.74) is 3.46. The zero-order valence-corrected chi connectivity index (χ0v) is 17.9. The van der Waals surface area contributed by atoms with Crippen LogP contribution in [0.25, 0.3) is 0 Å². The Morgan fingerprint density at radius 3 is 2.34 bits per heavy atom. The van der Waals surface area contributed by atoms with E-state index in [-0.39, 0.29) is 12.5 Å². The lowest BCUT2D eigenvalue weighted by Crippen LogP contribution is -2.36. The fourth-order valence-electron chi connectivity index (χ4n) is 3.09. The van der Waals surface area contributed by atoms with Crippen LogP contribution in [-0.4, -0.2) is 32.2 Å². The summed E-state index contributed by atoms with van der Waals surface area (Å²) in [5.74, 6) is 0.776. The van der Waals surface area contributed by atoms with E-state index < -0.39 is 12.1 Å². The highest BCUT2D eigenvalue weighted by Gasteiger charge is 2.17. The molecule has 29 heavy (non-hydrogen) atoms. The summed E-state index contributed by atoms with van der Waals surface area (Å²) in [7, 11) is 2.79. The van der Waals surface area contributed by atoms with Crippen LogP contribution >= 0.6 is 0 Å². The van der Waals surface area contributed by atoms with Crippen LogP contribution in [0.15, 0.2) is 36.4 Å². The number of aryl methyl sites for hydroxylation is 1. The molecule has 156 valence electrons. The molecule has 0 aliphatic carbocycles. The number of hydrogen-bond donors (Lipinski definition) is 1. The van der Waals surface area contributed by atoms with Gasteiger partial charge in [-0.25, -0.2) is 4.79 Å². The molecule has 0 radical (unpaired) electrons. The van der Waals surface area contributed by atoms with Gasteiger partial charge >= 0.3 is 5.97 Å². The van der Waals surface area contributed by atoms with Gasteiger partial charge in [0.2, 0.25) is 0 Å². The van der Waals surface area contributed by atoms with Gasteiger partial charge in [0, 0.05) is 6.54 Å². The van der Waals surface area contributed by atoms with E-state index in [4.69, 9.17) is 14.2 Å². The number of carbonyl (C=O) groups excluding carboxylic acids is 2. The minimum atomic E-state index is -0.655. The number of esters is 1. The molecular weight excluding hydrogens is 370 g/mol. The van der Waals surface area contributed by atoms with Crippen molar-refractivity contribution < 1.29 is 23.8 Å². The first-order valence-corrected chi connectivity index (χ1v) is 9.57. The van der Waals surface area contributed by atoms with Crippen molar-refractivity contribution in [2.75, 3.05) is 14.2 Å². The lowest BCUT2D eigenvalue weighted by Gasteiger charge is -2.17. The Labute approximate surface area is 172 Å². The number of rotatable bonds is 8. The smallest absolute Gasteiger partial charge is 0.341 e. The van der Waals surface area contributed by atoms with Gasteiger partial charge in [0.1, 0.15) is 17.1 Å². The first-order chi connectivity index (χ1) is 13.8. The van der Waals surface area contributed by atoms with Gasteiger partial charge in [-0.15, -0.1) is 0 Å². The molecule has 1 N–H and O–H groups in total. The molecule has 0 aliphatic rings. The second-order valence-corrected chi connectivity index (χ2v) is 7.18. The van der Waals surface area contributed by atoms with Crippen molar-refractivity contribution in [2.24, 2.45) is 0 Å². The molecular formula is C23H29NO5. The standard InChI is InChI=1S/C23H29NO5/c1-14(2)19-9-8-18(11-15(19)3)29-16(4)22(25)24-13-17-7-10-21(27-5)20(12-17)23(26)28-6/h7-12,14,16H,13H2,1-6H3,(H,24,25). The van der Waals surface area contributed by atoms with Gasteiger partial charge in [-0.1, -0.05) is 26.0 Å².